The standard InChI is InChI=1S/C12H19NO5S/c1-2-13(8-5-6-19(17,18)7-8)11(14)9-3-4-10(9)12(15)16/h8-10H,2-7H2,1H3,(H,15,16). The van der Waals surface area contributed by atoms with Crippen molar-refractivity contribution < 1.29 is 23.1 Å². The summed E-state index contributed by atoms with van der Waals surface area (Å²) in [5, 5.41) is 8.99. The van der Waals surface area contributed by atoms with E-state index in [2.05, 4.69) is 0 Å². The van der Waals surface area contributed by atoms with Crippen LogP contribution in [0.15, 0.2) is 0 Å². The summed E-state index contributed by atoms with van der Waals surface area (Å²) < 4.78 is 23.0. The van der Waals surface area contributed by atoms with E-state index < -0.39 is 27.6 Å². The van der Waals surface area contributed by atoms with Gasteiger partial charge in [0.1, 0.15) is 0 Å². The molecule has 19 heavy (non-hydrogen) atoms. The second-order valence-electron chi connectivity index (χ2n) is 5.31. The van der Waals surface area contributed by atoms with Gasteiger partial charge in [0.05, 0.1) is 23.3 Å². The van der Waals surface area contributed by atoms with Gasteiger partial charge < -0.3 is 10.0 Å². The van der Waals surface area contributed by atoms with Gasteiger partial charge in [0, 0.05) is 12.6 Å². The van der Waals surface area contributed by atoms with Gasteiger partial charge in [-0.25, -0.2) is 8.42 Å². The maximum absolute atomic E-state index is 12.3. The molecule has 1 aliphatic carbocycles. The van der Waals surface area contributed by atoms with Gasteiger partial charge in [0.25, 0.3) is 0 Å². The van der Waals surface area contributed by atoms with Crippen LogP contribution in [0.3, 0.4) is 0 Å². The highest BCUT2D eigenvalue weighted by Crippen LogP contribution is 2.36. The van der Waals surface area contributed by atoms with Crippen molar-refractivity contribution in [2.24, 2.45) is 11.8 Å². The molecule has 1 amide bonds. The Kier molecular flexibility index (Phi) is 3.85. The number of nitrogens with zero attached hydrogens (tertiary/aromatic N) is 1. The Hall–Kier alpha value is -1.11. The minimum atomic E-state index is -3.04. The molecule has 1 saturated heterocycles. The summed E-state index contributed by atoms with van der Waals surface area (Å²) in [5.74, 6) is -2.06. The first-order valence-corrected chi connectivity index (χ1v) is 8.41. The van der Waals surface area contributed by atoms with Crippen LogP contribution in [0, 0.1) is 11.8 Å². The van der Waals surface area contributed by atoms with Crippen LogP contribution < -0.4 is 0 Å². The second kappa shape index (κ2) is 5.11. The number of sulfone groups is 1. The van der Waals surface area contributed by atoms with Crippen molar-refractivity contribution in [3.05, 3.63) is 0 Å². The second-order valence-corrected chi connectivity index (χ2v) is 7.54. The lowest BCUT2D eigenvalue weighted by Crippen LogP contribution is -2.50. The average molecular weight is 289 g/mol. The Bertz CT molecular complexity index is 486. The first kappa shape index (κ1) is 14.3. The van der Waals surface area contributed by atoms with E-state index in [4.69, 9.17) is 5.11 Å². The molecule has 3 unspecified atom stereocenters. The minimum absolute atomic E-state index is 0.0110. The zero-order chi connectivity index (χ0) is 14.2. The van der Waals surface area contributed by atoms with Crippen LogP contribution in [0.4, 0.5) is 0 Å². The van der Waals surface area contributed by atoms with Crippen LogP contribution in [0.25, 0.3) is 0 Å². The van der Waals surface area contributed by atoms with Crippen molar-refractivity contribution in [3.8, 4) is 0 Å². The van der Waals surface area contributed by atoms with Crippen LogP contribution in [-0.2, 0) is 19.4 Å². The molecule has 3 atom stereocenters. The number of carbonyl (C=O) groups excluding carboxylic acids is 1. The summed E-state index contributed by atoms with van der Waals surface area (Å²) in [6, 6.07) is -0.280. The molecule has 1 aliphatic heterocycles. The maximum atomic E-state index is 12.3. The van der Waals surface area contributed by atoms with Crippen molar-refractivity contribution in [1.82, 2.24) is 4.90 Å². The Morgan fingerprint density at radius 3 is 2.21 bits per heavy atom. The van der Waals surface area contributed by atoms with E-state index in [1.807, 2.05) is 0 Å². The number of carboxylic acid groups (broad SMARTS) is 1. The van der Waals surface area contributed by atoms with Crippen molar-refractivity contribution in [2.75, 3.05) is 18.1 Å². The van der Waals surface area contributed by atoms with Crippen LogP contribution in [0.2, 0.25) is 0 Å². The van der Waals surface area contributed by atoms with E-state index in [0.717, 1.165) is 0 Å². The monoisotopic (exact) mass is 289 g/mol. The molecule has 0 bridgehead atoms. The largest absolute Gasteiger partial charge is 0.481 e. The first-order valence-electron chi connectivity index (χ1n) is 6.59. The smallest absolute Gasteiger partial charge is 0.307 e. The van der Waals surface area contributed by atoms with Crippen LogP contribution in [-0.4, -0.2) is 54.4 Å². The van der Waals surface area contributed by atoms with Gasteiger partial charge in [-0.1, -0.05) is 0 Å². The number of hydrogen-bond donors (Lipinski definition) is 1. The SMILES string of the molecule is CCN(C(=O)C1CCC1C(=O)O)C1CCS(=O)(=O)C1. The van der Waals surface area contributed by atoms with Gasteiger partial charge in [-0.15, -0.1) is 0 Å². The molecule has 6 nitrogen and oxygen atoms in total. The molecule has 1 saturated carbocycles. The summed E-state index contributed by atoms with van der Waals surface area (Å²) in [6.07, 6.45) is 1.59. The third-order valence-electron chi connectivity index (χ3n) is 4.18. The van der Waals surface area contributed by atoms with Gasteiger partial charge in [-0.3, -0.25) is 9.59 Å². The summed E-state index contributed by atoms with van der Waals surface area (Å²) in [7, 11) is -3.04. The summed E-state index contributed by atoms with van der Waals surface area (Å²) in [4.78, 5) is 24.9. The number of carbonyl (C=O) groups is 2. The lowest BCUT2D eigenvalue weighted by atomic mass is 9.72. The van der Waals surface area contributed by atoms with Crippen LogP contribution in [0.5, 0.6) is 0 Å². The fourth-order valence-corrected chi connectivity index (χ4v) is 4.65. The zero-order valence-corrected chi connectivity index (χ0v) is 11.7. The number of amides is 1. The van der Waals surface area contributed by atoms with E-state index in [1.165, 1.54) is 0 Å². The van der Waals surface area contributed by atoms with E-state index >= 15 is 0 Å². The highest BCUT2D eigenvalue weighted by molar-refractivity contribution is 7.91. The lowest BCUT2D eigenvalue weighted by Gasteiger charge is -2.38. The molecular formula is C12H19NO5S. The Labute approximate surface area is 112 Å². The molecule has 2 aliphatic rings. The van der Waals surface area contributed by atoms with Crippen molar-refractivity contribution in [2.45, 2.75) is 32.2 Å². The van der Waals surface area contributed by atoms with E-state index in [-0.39, 0.29) is 23.5 Å². The van der Waals surface area contributed by atoms with Gasteiger partial charge in [0.2, 0.25) is 5.91 Å². The topological polar surface area (TPSA) is 91.8 Å². The molecule has 0 spiro atoms. The molecule has 0 aromatic rings. The number of carboxylic acids is 1. The number of rotatable bonds is 4. The molecule has 7 heteroatoms. The zero-order valence-electron chi connectivity index (χ0n) is 10.9. The normalized spacial score (nSPS) is 32.6. The molecule has 0 radical (unpaired) electrons. The fourth-order valence-electron chi connectivity index (χ4n) is 2.92. The summed E-state index contributed by atoms with van der Waals surface area (Å²) >= 11 is 0. The highest BCUT2D eigenvalue weighted by Gasteiger charge is 2.45. The third kappa shape index (κ3) is 2.75. The van der Waals surface area contributed by atoms with Gasteiger partial charge in [0.15, 0.2) is 9.84 Å². The van der Waals surface area contributed by atoms with E-state index in [9.17, 15) is 18.0 Å². The quantitative estimate of drug-likeness (QED) is 0.794. The van der Waals surface area contributed by atoms with Crippen molar-refractivity contribution >= 4 is 21.7 Å². The average Bonchev–Trinajstić information content (AvgIpc) is 2.57. The number of aliphatic carboxylic acids is 1. The first-order chi connectivity index (χ1) is 8.85. The van der Waals surface area contributed by atoms with Crippen molar-refractivity contribution in [1.29, 1.82) is 0 Å². The van der Waals surface area contributed by atoms with Gasteiger partial charge in [-0.2, -0.15) is 0 Å². The summed E-state index contributed by atoms with van der Waals surface area (Å²) in [5.41, 5.74) is 0. The molecule has 0 aromatic heterocycles. The van der Waals surface area contributed by atoms with Crippen LogP contribution >= 0.6 is 0 Å². The van der Waals surface area contributed by atoms with Gasteiger partial charge in [-0.05, 0) is 26.2 Å². The molecule has 0 aromatic carbocycles. The van der Waals surface area contributed by atoms with Gasteiger partial charge >= 0.3 is 5.97 Å². The predicted octanol–water partition coefficient (Wildman–Crippen LogP) is 0.133. The predicted molar refractivity (Wildman–Crippen MR) is 68.3 cm³/mol. The molecule has 2 fully saturated rings. The van der Waals surface area contributed by atoms with E-state index in [1.54, 1.807) is 11.8 Å². The van der Waals surface area contributed by atoms with Crippen LogP contribution in [0.1, 0.15) is 26.2 Å². The van der Waals surface area contributed by atoms with E-state index in [0.29, 0.717) is 25.8 Å². The summed E-state index contributed by atoms with van der Waals surface area (Å²) in [6.45, 7) is 2.24. The number of hydrogen-bond acceptors (Lipinski definition) is 4. The minimum Gasteiger partial charge on any atom is -0.481 e. The Balaban J connectivity index is 2.06. The highest BCUT2D eigenvalue weighted by atomic mass is 32.2. The molecule has 2 rings (SSSR count). The Morgan fingerprint density at radius 2 is 1.84 bits per heavy atom. The third-order valence-corrected chi connectivity index (χ3v) is 5.93. The Morgan fingerprint density at radius 1 is 1.21 bits per heavy atom. The lowest BCUT2D eigenvalue weighted by molar-refractivity contribution is -0.157. The fraction of sp³-hybridized carbons (Fsp3) is 0.833. The molecule has 1 N–H and O–H groups in total. The molecule has 108 valence electrons. The molecule has 1 heterocycles. The molecular weight excluding hydrogens is 270 g/mol. The van der Waals surface area contributed by atoms with Crippen molar-refractivity contribution in [3.63, 3.8) is 0 Å². The maximum Gasteiger partial charge on any atom is 0.307 e.